The molecule has 1 amide bonds. The molecule has 3 aromatic rings. The van der Waals surface area contributed by atoms with E-state index in [1.54, 1.807) is 30.3 Å². The number of amides is 1. The molecule has 0 atom stereocenters. The van der Waals surface area contributed by atoms with Gasteiger partial charge in [0.05, 0.1) is 27.4 Å². The molecule has 0 radical (unpaired) electrons. The van der Waals surface area contributed by atoms with Crippen LogP contribution in [0.1, 0.15) is 21.5 Å². The van der Waals surface area contributed by atoms with Crippen LogP contribution in [0, 0.1) is 0 Å². The van der Waals surface area contributed by atoms with Crippen molar-refractivity contribution in [1.82, 2.24) is 4.98 Å². The molecule has 26 heavy (non-hydrogen) atoms. The molecule has 0 bridgehead atoms. The summed E-state index contributed by atoms with van der Waals surface area (Å²) < 4.78 is 23.1. The molecule has 1 aliphatic rings. The molecule has 0 spiro atoms. The summed E-state index contributed by atoms with van der Waals surface area (Å²) in [5, 5.41) is 10.4. The van der Waals surface area contributed by atoms with E-state index >= 15 is 0 Å². The van der Waals surface area contributed by atoms with E-state index in [0.29, 0.717) is 28.1 Å². The lowest BCUT2D eigenvalue weighted by molar-refractivity contribution is 0.101. The van der Waals surface area contributed by atoms with Gasteiger partial charge in [0, 0.05) is 21.8 Å². The summed E-state index contributed by atoms with van der Waals surface area (Å²) >= 11 is 0. The van der Waals surface area contributed by atoms with Crippen LogP contribution in [0.4, 0.5) is 0 Å². The van der Waals surface area contributed by atoms with Gasteiger partial charge >= 0.3 is 0 Å². The number of rotatable bonds is 3. The van der Waals surface area contributed by atoms with Crippen LogP contribution >= 0.6 is 10.7 Å². The van der Waals surface area contributed by atoms with Crippen LogP contribution in [-0.2, 0) is 9.05 Å². The van der Waals surface area contributed by atoms with Gasteiger partial charge in [0.25, 0.3) is 15.0 Å². The maximum atomic E-state index is 12.5. The number of hydrogen-bond donors (Lipinski definition) is 2. The number of H-pyrrole nitrogens is 1. The van der Waals surface area contributed by atoms with Crippen molar-refractivity contribution < 1.29 is 18.3 Å². The maximum absolute atomic E-state index is 12.5. The van der Waals surface area contributed by atoms with Gasteiger partial charge < -0.3 is 10.1 Å². The van der Waals surface area contributed by atoms with E-state index in [2.05, 4.69) is 9.98 Å². The molecule has 0 saturated heterocycles. The van der Waals surface area contributed by atoms with Gasteiger partial charge in [-0.25, -0.2) is 13.4 Å². The molecule has 1 aliphatic heterocycles. The largest absolute Gasteiger partial charge is 0.494 e. The molecular formula is C18H11ClN2O4S. The zero-order valence-electron chi connectivity index (χ0n) is 13.1. The lowest BCUT2D eigenvalue weighted by Crippen LogP contribution is -1.99. The van der Waals surface area contributed by atoms with Crippen molar-refractivity contribution >= 4 is 31.4 Å². The van der Waals surface area contributed by atoms with E-state index in [9.17, 15) is 18.3 Å². The zero-order valence-corrected chi connectivity index (χ0v) is 14.7. The van der Waals surface area contributed by atoms with E-state index in [4.69, 9.17) is 10.7 Å². The fourth-order valence-corrected chi connectivity index (χ4v) is 3.77. The summed E-state index contributed by atoms with van der Waals surface area (Å²) in [6.07, 6.45) is 0. The van der Waals surface area contributed by atoms with Crippen LogP contribution in [0.5, 0.6) is 5.88 Å². The number of aromatic hydroxyl groups is 1. The van der Waals surface area contributed by atoms with Gasteiger partial charge in [-0.2, -0.15) is 0 Å². The van der Waals surface area contributed by atoms with Crippen LogP contribution in [0.3, 0.4) is 0 Å². The second kappa shape index (κ2) is 5.82. The molecule has 0 fully saturated rings. The molecule has 0 aliphatic carbocycles. The van der Waals surface area contributed by atoms with Gasteiger partial charge in [0.15, 0.2) is 5.88 Å². The number of halogens is 1. The number of carbonyl (C=O) groups is 1. The molecule has 2 N–H and O–H groups in total. The lowest BCUT2D eigenvalue weighted by atomic mass is 10.0. The molecule has 8 heteroatoms. The van der Waals surface area contributed by atoms with Crippen LogP contribution < -0.4 is 0 Å². The summed E-state index contributed by atoms with van der Waals surface area (Å²) in [7, 11) is 1.47. The first-order valence-corrected chi connectivity index (χ1v) is 9.86. The minimum atomic E-state index is -3.93. The summed E-state index contributed by atoms with van der Waals surface area (Å²) in [5.41, 5.74) is 2.26. The van der Waals surface area contributed by atoms with Crippen molar-refractivity contribution in [2.24, 2.45) is 4.99 Å². The van der Waals surface area contributed by atoms with Gasteiger partial charge in [0.1, 0.15) is 0 Å². The molecular weight excluding hydrogens is 376 g/mol. The molecule has 130 valence electrons. The van der Waals surface area contributed by atoms with Crippen molar-refractivity contribution in [2.75, 3.05) is 0 Å². The smallest absolute Gasteiger partial charge is 0.280 e. The molecule has 1 aromatic heterocycles. The summed E-state index contributed by atoms with van der Waals surface area (Å²) in [5.74, 6) is -0.716. The lowest BCUT2D eigenvalue weighted by Gasteiger charge is -2.02. The molecule has 4 rings (SSSR count). The Bertz CT molecular complexity index is 1180. The Labute approximate surface area is 153 Å². The number of aliphatic imine (C=N–C) groups is 1. The number of benzene rings is 2. The van der Waals surface area contributed by atoms with Crippen LogP contribution in [0.25, 0.3) is 11.3 Å². The first-order valence-electron chi connectivity index (χ1n) is 7.55. The highest BCUT2D eigenvalue weighted by Crippen LogP contribution is 2.38. The minimum Gasteiger partial charge on any atom is -0.494 e. The molecule has 0 unspecified atom stereocenters. The third-order valence-electron chi connectivity index (χ3n) is 4.10. The van der Waals surface area contributed by atoms with E-state index in [1.165, 1.54) is 18.2 Å². The van der Waals surface area contributed by atoms with Gasteiger partial charge in [-0.1, -0.05) is 42.5 Å². The van der Waals surface area contributed by atoms with E-state index in [-0.39, 0.29) is 16.3 Å². The highest BCUT2D eigenvalue weighted by Gasteiger charge is 2.33. The van der Waals surface area contributed by atoms with Crippen LogP contribution in [0.15, 0.2) is 64.5 Å². The van der Waals surface area contributed by atoms with Gasteiger partial charge in [-0.3, -0.25) is 4.79 Å². The number of aromatic amines is 1. The maximum Gasteiger partial charge on any atom is 0.280 e. The van der Waals surface area contributed by atoms with E-state index < -0.39 is 15.0 Å². The topological polar surface area (TPSA) is 99.6 Å². The highest BCUT2D eigenvalue weighted by molar-refractivity contribution is 8.13. The second-order valence-electron chi connectivity index (χ2n) is 5.70. The quantitative estimate of drug-likeness (QED) is 0.674. The van der Waals surface area contributed by atoms with Crippen molar-refractivity contribution in [1.29, 1.82) is 0 Å². The Morgan fingerprint density at radius 2 is 1.65 bits per heavy atom. The summed E-state index contributed by atoms with van der Waals surface area (Å²) in [6.45, 7) is 0. The van der Waals surface area contributed by atoms with Crippen LogP contribution in [-0.4, -0.2) is 30.1 Å². The molecule has 2 heterocycles. The number of nitrogens with one attached hydrogen (secondary N) is 1. The number of fused-ring (bicyclic) bond motifs is 1. The van der Waals surface area contributed by atoms with Crippen molar-refractivity contribution in [3.05, 3.63) is 71.3 Å². The number of nitrogens with zero attached hydrogens (tertiary/aromatic N) is 1. The normalized spacial score (nSPS) is 13.6. The second-order valence-corrected chi connectivity index (χ2v) is 8.26. The number of aromatic nitrogens is 1. The summed E-state index contributed by atoms with van der Waals surface area (Å²) in [4.78, 5) is 19.2. The van der Waals surface area contributed by atoms with E-state index in [0.717, 1.165) is 0 Å². The fourth-order valence-electron chi connectivity index (χ4n) is 2.97. The van der Waals surface area contributed by atoms with Crippen molar-refractivity contribution in [3.63, 3.8) is 0 Å². The Morgan fingerprint density at radius 3 is 2.35 bits per heavy atom. The first kappa shape index (κ1) is 16.6. The Morgan fingerprint density at radius 1 is 0.962 bits per heavy atom. The van der Waals surface area contributed by atoms with Gasteiger partial charge in [0.2, 0.25) is 0 Å². The Hall–Kier alpha value is -2.90. The third kappa shape index (κ3) is 2.61. The van der Waals surface area contributed by atoms with Gasteiger partial charge in [-0.05, 0) is 12.1 Å². The predicted molar refractivity (Wildman–Crippen MR) is 97.3 cm³/mol. The number of hydrogen-bond acceptors (Lipinski definition) is 4. The SMILES string of the molecule is O=C1N=C(c2ccccc2)c2c(O)[nH]c(-c3cccc(S(=O)(=O)Cl)c3)c21. The minimum absolute atomic E-state index is 0.103. The Balaban J connectivity index is 1.90. The molecule has 6 nitrogen and oxygen atoms in total. The average Bonchev–Trinajstić information content (AvgIpc) is 3.14. The fraction of sp³-hybridized carbons (Fsp3) is 0. The van der Waals surface area contributed by atoms with Crippen molar-refractivity contribution in [2.45, 2.75) is 4.90 Å². The van der Waals surface area contributed by atoms with Gasteiger partial charge in [-0.15, -0.1) is 0 Å². The predicted octanol–water partition coefficient (Wildman–Crippen LogP) is 3.31. The summed E-state index contributed by atoms with van der Waals surface area (Å²) in [6, 6.07) is 14.8. The number of carbonyl (C=O) groups excluding carboxylic acids is 1. The molecule has 2 aromatic carbocycles. The first-order chi connectivity index (χ1) is 12.4. The van der Waals surface area contributed by atoms with Crippen LogP contribution in [0.2, 0.25) is 0 Å². The van der Waals surface area contributed by atoms with E-state index in [1.807, 2.05) is 6.07 Å². The third-order valence-corrected chi connectivity index (χ3v) is 5.45. The standard InChI is InChI=1S/C18H11ClN2O4S/c19-26(24,25)12-8-4-7-11(9-12)16-14-13(17(22)21-16)15(20-18(14)23)10-5-2-1-3-6-10/h1-9,21-22H. The van der Waals surface area contributed by atoms with Crippen molar-refractivity contribution in [3.8, 4) is 17.1 Å². The zero-order chi connectivity index (χ0) is 18.5. The molecule has 0 saturated carbocycles. The Kier molecular flexibility index (Phi) is 3.71. The highest BCUT2D eigenvalue weighted by atomic mass is 35.7. The average molecular weight is 387 g/mol. The monoisotopic (exact) mass is 386 g/mol.